The summed E-state index contributed by atoms with van der Waals surface area (Å²) in [5.41, 5.74) is 7.45. The number of rotatable bonds is 6. The van der Waals surface area contributed by atoms with Gasteiger partial charge in [-0.15, -0.1) is 0 Å². The van der Waals surface area contributed by atoms with Gasteiger partial charge in [0.1, 0.15) is 0 Å². The second kappa shape index (κ2) is 7.85. The van der Waals surface area contributed by atoms with Crippen LogP contribution in [-0.2, 0) is 10.0 Å². The second-order valence-electron chi connectivity index (χ2n) is 6.37. The number of benzene rings is 2. The molecule has 1 aromatic heterocycles. The summed E-state index contributed by atoms with van der Waals surface area (Å²) in [5.74, 6) is -0.151. The number of nitrogens with one attached hydrogen (secondary N) is 1. The molecule has 0 spiro atoms. The van der Waals surface area contributed by atoms with Gasteiger partial charge in [-0.05, 0) is 31.5 Å². The monoisotopic (exact) mass is 397 g/mol. The van der Waals surface area contributed by atoms with E-state index in [0.717, 1.165) is 11.8 Å². The normalized spacial score (nSPS) is 12.3. The van der Waals surface area contributed by atoms with Crippen LogP contribution in [-0.4, -0.2) is 35.6 Å². The summed E-state index contributed by atoms with van der Waals surface area (Å²) < 4.78 is 27.6. The van der Waals surface area contributed by atoms with Crippen molar-refractivity contribution in [3.8, 4) is 0 Å². The molecule has 0 aliphatic rings. The smallest absolute Gasteiger partial charge is 0.268 e. The molecular weight excluding hydrogens is 374 g/mol. The molecule has 7 nitrogen and oxygen atoms in total. The van der Waals surface area contributed by atoms with Crippen LogP contribution in [0.5, 0.6) is 0 Å². The summed E-state index contributed by atoms with van der Waals surface area (Å²) in [5, 5.41) is 14.3. The first kappa shape index (κ1) is 19.6. The highest BCUT2D eigenvalue weighted by Gasteiger charge is 2.22. The molecule has 0 unspecified atom stereocenters. The zero-order chi connectivity index (χ0) is 20.3. The van der Waals surface area contributed by atoms with Gasteiger partial charge in [-0.25, -0.2) is 17.4 Å². The van der Waals surface area contributed by atoms with Crippen LogP contribution in [0.1, 0.15) is 25.8 Å². The molecule has 3 rings (SSSR count). The van der Waals surface area contributed by atoms with Crippen molar-refractivity contribution in [2.24, 2.45) is 10.8 Å². The van der Waals surface area contributed by atoms with E-state index in [-0.39, 0.29) is 10.9 Å². The molecule has 0 amide bonds. The number of hydrazone groups is 1. The fourth-order valence-corrected chi connectivity index (χ4v) is 4.40. The Morgan fingerprint density at radius 3 is 2.43 bits per heavy atom. The topological polar surface area (TPSA) is 105 Å². The van der Waals surface area contributed by atoms with Gasteiger partial charge in [0.15, 0.2) is 0 Å². The molecule has 28 heavy (non-hydrogen) atoms. The quantitative estimate of drug-likeness (QED) is 0.378. The number of aromatic nitrogens is 1. The van der Waals surface area contributed by atoms with Crippen molar-refractivity contribution in [3.63, 3.8) is 0 Å². The van der Waals surface area contributed by atoms with Crippen LogP contribution in [0.25, 0.3) is 10.9 Å². The van der Waals surface area contributed by atoms with Crippen molar-refractivity contribution in [1.82, 2.24) is 8.98 Å². The van der Waals surface area contributed by atoms with Crippen molar-refractivity contribution >= 4 is 32.6 Å². The van der Waals surface area contributed by atoms with Gasteiger partial charge >= 0.3 is 0 Å². The highest BCUT2D eigenvalue weighted by molar-refractivity contribution is 7.90. The first-order chi connectivity index (χ1) is 13.4. The van der Waals surface area contributed by atoms with Crippen LogP contribution in [0.15, 0.2) is 70.8 Å². The Labute approximate surface area is 164 Å². The van der Waals surface area contributed by atoms with Crippen LogP contribution < -0.4 is 5.73 Å². The number of nitrogens with two attached hydrogens (primary N) is 1. The first-order valence-electron chi connectivity index (χ1n) is 8.94. The Morgan fingerprint density at radius 2 is 1.79 bits per heavy atom. The number of fused-ring (bicyclic) bond motifs is 1. The van der Waals surface area contributed by atoms with Crippen LogP contribution in [0.3, 0.4) is 0 Å². The third kappa shape index (κ3) is 3.63. The average Bonchev–Trinajstić information content (AvgIpc) is 3.09. The van der Waals surface area contributed by atoms with Gasteiger partial charge in [-0.3, -0.25) is 5.41 Å². The molecule has 0 fully saturated rings. The average molecular weight is 398 g/mol. The summed E-state index contributed by atoms with van der Waals surface area (Å²) in [7, 11) is -3.75. The van der Waals surface area contributed by atoms with Crippen molar-refractivity contribution in [2.45, 2.75) is 25.2 Å². The van der Waals surface area contributed by atoms with E-state index in [2.05, 4.69) is 5.10 Å². The van der Waals surface area contributed by atoms with E-state index in [1.165, 1.54) is 8.98 Å². The molecule has 146 valence electrons. The zero-order valence-electron chi connectivity index (χ0n) is 15.8. The number of hydrogen-bond donors (Lipinski definition) is 2. The number of hydrogen-bond acceptors (Lipinski definition) is 4. The highest BCUT2D eigenvalue weighted by Crippen LogP contribution is 2.26. The summed E-state index contributed by atoms with van der Waals surface area (Å²) in [6, 6.07) is 15.6. The fourth-order valence-electron chi connectivity index (χ4n) is 3.01. The SMILES string of the molecule is CCCN(/N=C(/C)c1cn(S(=O)(=O)c2ccccc2)c2ccccc12)C(=N)N. The van der Waals surface area contributed by atoms with Crippen molar-refractivity contribution in [3.05, 3.63) is 66.4 Å². The van der Waals surface area contributed by atoms with Gasteiger partial charge in [0.2, 0.25) is 5.96 Å². The highest BCUT2D eigenvalue weighted by atomic mass is 32.2. The molecule has 0 saturated carbocycles. The fraction of sp³-hybridized carbons (Fsp3) is 0.200. The molecule has 0 radical (unpaired) electrons. The predicted octanol–water partition coefficient (Wildman–Crippen LogP) is 3.21. The Morgan fingerprint density at radius 1 is 1.14 bits per heavy atom. The van der Waals surface area contributed by atoms with Crippen LogP contribution >= 0.6 is 0 Å². The van der Waals surface area contributed by atoms with Crippen molar-refractivity contribution in [2.75, 3.05) is 6.54 Å². The molecule has 2 aromatic carbocycles. The second-order valence-corrected chi connectivity index (χ2v) is 8.18. The maximum atomic E-state index is 13.2. The molecule has 3 N–H and O–H groups in total. The van der Waals surface area contributed by atoms with Gasteiger partial charge < -0.3 is 5.73 Å². The van der Waals surface area contributed by atoms with E-state index in [0.29, 0.717) is 23.3 Å². The van der Waals surface area contributed by atoms with Gasteiger partial charge in [0.25, 0.3) is 10.0 Å². The summed E-state index contributed by atoms with van der Waals surface area (Å²) >= 11 is 0. The minimum Gasteiger partial charge on any atom is -0.369 e. The Bertz CT molecular complexity index is 1130. The lowest BCUT2D eigenvalue weighted by Gasteiger charge is -2.16. The largest absolute Gasteiger partial charge is 0.369 e. The molecular formula is C20H23N5O2S. The minimum atomic E-state index is -3.75. The molecule has 0 aliphatic carbocycles. The molecule has 3 aromatic rings. The van der Waals surface area contributed by atoms with Crippen LogP contribution in [0.2, 0.25) is 0 Å². The third-order valence-electron chi connectivity index (χ3n) is 4.35. The summed E-state index contributed by atoms with van der Waals surface area (Å²) in [6.07, 6.45) is 2.36. The van der Waals surface area contributed by atoms with E-state index >= 15 is 0 Å². The summed E-state index contributed by atoms with van der Waals surface area (Å²) in [6.45, 7) is 4.26. The number of guanidine groups is 1. The Hall–Kier alpha value is -3.13. The summed E-state index contributed by atoms with van der Waals surface area (Å²) in [4.78, 5) is 0.216. The van der Waals surface area contributed by atoms with E-state index < -0.39 is 10.0 Å². The van der Waals surface area contributed by atoms with Gasteiger partial charge in [0, 0.05) is 23.7 Å². The van der Waals surface area contributed by atoms with Crippen molar-refractivity contribution < 1.29 is 8.42 Å². The van der Waals surface area contributed by atoms with E-state index in [1.54, 1.807) is 55.6 Å². The van der Waals surface area contributed by atoms with Gasteiger partial charge in [-0.1, -0.05) is 43.3 Å². The van der Waals surface area contributed by atoms with E-state index in [1.807, 2.05) is 19.1 Å². The Kier molecular flexibility index (Phi) is 5.51. The lowest BCUT2D eigenvalue weighted by atomic mass is 10.1. The van der Waals surface area contributed by atoms with Crippen molar-refractivity contribution in [1.29, 1.82) is 5.41 Å². The standard InChI is InChI=1S/C20H23N5O2S/c1-3-13-24(20(21)22)23-15(2)18-14-25(19-12-8-7-11-17(18)19)28(26,27)16-9-5-4-6-10-16/h4-12,14H,3,13H2,1-2H3,(H3,21,22)/b23-15-. The molecule has 1 heterocycles. The Balaban J connectivity index is 2.18. The van der Waals surface area contributed by atoms with Crippen LogP contribution in [0, 0.1) is 5.41 Å². The van der Waals surface area contributed by atoms with Crippen LogP contribution in [0.4, 0.5) is 0 Å². The van der Waals surface area contributed by atoms with E-state index in [9.17, 15) is 8.42 Å². The maximum absolute atomic E-state index is 13.2. The number of nitrogens with zero attached hydrogens (tertiary/aromatic N) is 3. The molecule has 0 atom stereocenters. The van der Waals surface area contributed by atoms with E-state index in [4.69, 9.17) is 11.1 Å². The maximum Gasteiger partial charge on any atom is 0.268 e. The zero-order valence-corrected chi connectivity index (χ0v) is 16.6. The molecule has 0 bridgehead atoms. The third-order valence-corrected chi connectivity index (χ3v) is 6.04. The first-order valence-corrected chi connectivity index (χ1v) is 10.4. The molecule has 8 heteroatoms. The van der Waals surface area contributed by atoms with Gasteiger partial charge in [0.05, 0.1) is 16.1 Å². The molecule has 0 aliphatic heterocycles. The lowest BCUT2D eigenvalue weighted by Crippen LogP contribution is -2.33. The number of para-hydroxylation sites is 1. The lowest BCUT2D eigenvalue weighted by molar-refractivity contribution is 0.435. The van der Waals surface area contributed by atoms with Gasteiger partial charge in [-0.2, -0.15) is 5.10 Å². The molecule has 0 saturated heterocycles. The minimum absolute atomic E-state index is 0.151. The predicted molar refractivity (Wildman–Crippen MR) is 112 cm³/mol.